The van der Waals surface area contributed by atoms with E-state index in [-0.39, 0.29) is 5.91 Å². The molecule has 1 aromatic rings. The molecular formula is C7H10ClN3OS. The standard InChI is InChI=1S/C7H10ClN3OS/c1-5(12)9-7-11-10-6(13-7)3-2-4-8/h2-4H2,1H3,(H,9,11,12). The first-order valence-electron chi connectivity index (χ1n) is 3.88. The molecule has 13 heavy (non-hydrogen) atoms. The van der Waals surface area contributed by atoms with Crippen LogP contribution < -0.4 is 5.32 Å². The number of nitrogens with one attached hydrogen (secondary N) is 1. The summed E-state index contributed by atoms with van der Waals surface area (Å²) in [4.78, 5) is 10.6. The van der Waals surface area contributed by atoms with E-state index >= 15 is 0 Å². The van der Waals surface area contributed by atoms with E-state index in [1.807, 2.05) is 0 Å². The second-order valence-electron chi connectivity index (χ2n) is 2.47. The van der Waals surface area contributed by atoms with Crippen LogP contribution in [0.1, 0.15) is 18.4 Å². The van der Waals surface area contributed by atoms with E-state index in [2.05, 4.69) is 15.5 Å². The molecule has 1 N–H and O–H groups in total. The summed E-state index contributed by atoms with van der Waals surface area (Å²) < 4.78 is 0. The second kappa shape index (κ2) is 5.14. The molecule has 0 aliphatic heterocycles. The molecule has 0 aliphatic carbocycles. The minimum Gasteiger partial charge on any atom is -0.301 e. The predicted octanol–water partition coefficient (Wildman–Crippen LogP) is 1.67. The Kier molecular flexibility index (Phi) is 4.11. The highest BCUT2D eigenvalue weighted by Gasteiger charge is 2.04. The van der Waals surface area contributed by atoms with Crippen molar-refractivity contribution in [2.75, 3.05) is 11.2 Å². The molecule has 1 aromatic heterocycles. The molecule has 1 amide bonds. The average Bonchev–Trinajstić information content (AvgIpc) is 2.48. The molecule has 0 saturated carbocycles. The molecule has 0 unspecified atom stereocenters. The zero-order chi connectivity index (χ0) is 9.68. The number of carbonyl (C=O) groups excluding carboxylic acids is 1. The third-order valence-electron chi connectivity index (χ3n) is 1.27. The van der Waals surface area contributed by atoms with Gasteiger partial charge in [0, 0.05) is 19.2 Å². The molecule has 6 heteroatoms. The highest BCUT2D eigenvalue weighted by Crippen LogP contribution is 2.16. The highest BCUT2D eigenvalue weighted by atomic mass is 35.5. The van der Waals surface area contributed by atoms with E-state index in [0.29, 0.717) is 11.0 Å². The van der Waals surface area contributed by atoms with E-state index in [9.17, 15) is 4.79 Å². The van der Waals surface area contributed by atoms with Crippen molar-refractivity contribution in [3.05, 3.63) is 5.01 Å². The Morgan fingerprint density at radius 2 is 2.38 bits per heavy atom. The Hall–Kier alpha value is -0.680. The molecule has 1 rings (SSSR count). The molecular weight excluding hydrogens is 210 g/mol. The summed E-state index contributed by atoms with van der Waals surface area (Å²) >= 11 is 6.92. The van der Waals surface area contributed by atoms with Crippen LogP contribution in [0.2, 0.25) is 0 Å². The minimum atomic E-state index is -0.125. The van der Waals surface area contributed by atoms with Crippen molar-refractivity contribution in [1.82, 2.24) is 10.2 Å². The van der Waals surface area contributed by atoms with E-state index in [1.165, 1.54) is 18.3 Å². The predicted molar refractivity (Wildman–Crippen MR) is 53.3 cm³/mol. The van der Waals surface area contributed by atoms with Crippen LogP contribution in [0.25, 0.3) is 0 Å². The minimum absolute atomic E-state index is 0.125. The third kappa shape index (κ3) is 3.69. The van der Waals surface area contributed by atoms with Gasteiger partial charge in [0.05, 0.1) is 0 Å². The van der Waals surface area contributed by atoms with Gasteiger partial charge in [0.15, 0.2) is 0 Å². The van der Waals surface area contributed by atoms with Crippen LogP contribution in [0.15, 0.2) is 0 Å². The zero-order valence-corrected chi connectivity index (χ0v) is 8.78. The lowest BCUT2D eigenvalue weighted by Crippen LogP contribution is -2.04. The maximum Gasteiger partial charge on any atom is 0.223 e. The van der Waals surface area contributed by atoms with Gasteiger partial charge in [-0.2, -0.15) is 0 Å². The first-order valence-corrected chi connectivity index (χ1v) is 5.23. The first-order chi connectivity index (χ1) is 6.22. The number of anilines is 1. The highest BCUT2D eigenvalue weighted by molar-refractivity contribution is 7.15. The van der Waals surface area contributed by atoms with Gasteiger partial charge in [-0.25, -0.2) is 0 Å². The lowest BCUT2D eigenvalue weighted by molar-refractivity contribution is -0.114. The van der Waals surface area contributed by atoms with Gasteiger partial charge in [-0.1, -0.05) is 11.3 Å². The van der Waals surface area contributed by atoms with Gasteiger partial charge in [0.2, 0.25) is 11.0 Å². The number of carbonyl (C=O) groups is 1. The van der Waals surface area contributed by atoms with Crippen LogP contribution in [0.5, 0.6) is 0 Å². The van der Waals surface area contributed by atoms with Crippen molar-refractivity contribution in [2.24, 2.45) is 0 Å². The van der Waals surface area contributed by atoms with Crippen LogP contribution in [0.3, 0.4) is 0 Å². The largest absolute Gasteiger partial charge is 0.301 e. The molecule has 0 atom stereocenters. The Morgan fingerprint density at radius 3 is 3.00 bits per heavy atom. The van der Waals surface area contributed by atoms with Gasteiger partial charge >= 0.3 is 0 Å². The molecule has 0 aliphatic rings. The molecule has 0 radical (unpaired) electrons. The Morgan fingerprint density at radius 1 is 1.62 bits per heavy atom. The van der Waals surface area contributed by atoms with Crippen LogP contribution in [0, 0.1) is 0 Å². The van der Waals surface area contributed by atoms with Gasteiger partial charge in [0.25, 0.3) is 0 Å². The molecule has 72 valence electrons. The number of hydrogen-bond donors (Lipinski definition) is 1. The van der Waals surface area contributed by atoms with Crippen LogP contribution in [-0.2, 0) is 11.2 Å². The first kappa shape index (κ1) is 10.4. The van der Waals surface area contributed by atoms with Crippen LogP contribution >= 0.6 is 22.9 Å². The van der Waals surface area contributed by atoms with Crippen molar-refractivity contribution in [3.63, 3.8) is 0 Å². The fourth-order valence-electron chi connectivity index (χ4n) is 0.774. The smallest absolute Gasteiger partial charge is 0.223 e. The normalized spacial score (nSPS) is 10.0. The summed E-state index contributed by atoms with van der Waals surface area (Å²) in [6.07, 6.45) is 1.71. The second-order valence-corrected chi connectivity index (χ2v) is 3.91. The molecule has 4 nitrogen and oxygen atoms in total. The summed E-state index contributed by atoms with van der Waals surface area (Å²) in [7, 11) is 0. The van der Waals surface area contributed by atoms with Gasteiger partial charge in [0.1, 0.15) is 5.01 Å². The number of aryl methyl sites for hydroxylation is 1. The van der Waals surface area contributed by atoms with E-state index in [4.69, 9.17) is 11.6 Å². The summed E-state index contributed by atoms with van der Waals surface area (Å²) in [6, 6.07) is 0. The van der Waals surface area contributed by atoms with Gasteiger partial charge in [-0.15, -0.1) is 21.8 Å². The topological polar surface area (TPSA) is 54.9 Å². The lowest BCUT2D eigenvalue weighted by Gasteiger charge is -1.91. The van der Waals surface area contributed by atoms with Crippen LogP contribution in [-0.4, -0.2) is 22.0 Å². The van der Waals surface area contributed by atoms with Crippen molar-refractivity contribution in [1.29, 1.82) is 0 Å². The fraction of sp³-hybridized carbons (Fsp3) is 0.571. The van der Waals surface area contributed by atoms with Gasteiger partial charge in [-0.05, 0) is 6.42 Å². The molecule has 0 aromatic carbocycles. The van der Waals surface area contributed by atoms with Crippen molar-refractivity contribution >= 4 is 34.0 Å². The zero-order valence-electron chi connectivity index (χ0n) is 7.21. The van der Waals surface area contributed by atoms with Gasteiger partial charge in [-0.3, -0.25) is 4.79 Å². The summed E-state index contributed by atoms with van der Waals surface area (Å²) in [5.41, 5.74) is 0. The van der Waals surface area contributed by atoms with E-state index in [0.717, 1.165) is 17.8 Å². The number of nitrogens with zero attached hydrogens (tertiary/aromatic N) is 2. The Bertz CT molecular complexity index is 289. The summed E-state index contributed by atoms with van der Waals surface area (Å²) in [5, 5.41) is 11.7. The van der Waals surface area contributed by atoms with E-state index in [1.54, 1.807) is 0 Å². The molecule has 0 bridgehead atoms. The SMILES string of the molecule is CC(=O)Nc1nnc(CCCCl)s1. The van der Waals surface area contributed by atoms with Crippen LogP contribution in [0.4, 0.5) is 5.13 Å². The molecule has 0 saturated heterocycles. The number of amides is 1. The third-order valence-corrected chi connectivity index (χ3v) is 2.44. The summed E-state index contributed by atoms with van der Waals surface area (Å²) in [5.74, 6) is 0.495. The maximum atomic E-state index is 10.6. The fourth-order valence-corrected chi connectivity index (χ4v) is 1.74. The summed E-state index contributed by atoms with van der Waals surface area (Å²) in [6.45, 7) is 1.44. The Balaban J connectivity index is 2.48. The van der Waals surface area contributed by atoms with Crippen molar-refractivity contribution in [3.8, 4) is 0 Å². The molecule has 1 heterocycles. The maximum absolute atomic E-state index is 10.6. The Labute approximate surface area is 85.3 Å². The number of halogens is 1. The monoisotopic (exact) mass is 219 g/mol. The van der Waals surface area contributed by atoms with Crippen molar-refractivity contribution < 1.29 is 4.79 Å². The van der Waals surface area contributed by atoms with Gasteiger partial charge < -0.3 is 5.32 Å². The quantitative estimate of drug-likeness (QED) is 0.784. The van der Waals surface area contributed by atoms with E-state index < -0.39 is 0 Å². The molecule has 0 fully saturated rings. The number of alkyl halides is 1. The number of rotatable bonds is 4. The van der Waals surface area contributed by atoms with Crippen molar-refractivity contribution in [2.45, 2.75) is 19.8 Å². The number of hydrogen-bond acceptors (Lipinski definition) is 4. The average molecular weight is 220 g/mol. The number of aromatic nitrogens is 2. The lowest BCUT2D eigenvalue weighted by atomic mass is 10.4. The molecule has 0 spiro atoms.